The average molecular weight is 424 g/mol. The van der Waals surface area contributed by atoms with Gasteiger partial charge in [0.1, 0.15) is 0 Å². The molecule has 2 N–H and O–H groups in total. The number of halogens is 2. The Morgan fingerprint density at radius 2 is 1.83 bits per heavy atom. The Bertz CT molecular complexity index is 773. The van der Waals surface area contributed by atoms with E-state index in [-0.39, 0.29) is 11.9 Å². The molecule has 3 fully saturated rings. The fourth-order valence-corrected chi connectivity index (χ4v) is 4.32. The van der Waals surface area contributed by atoms with E-state index in [0.717, 1.165) is 12.0 Å². The molecule has 2 bridgehead atoms. The number of benzene rings is 1. The number of alkyl halides is 2. The summed E-state index contributed by atoms with van der Waals surface area (Å²) in [6, 6.07) is 9.35. The van der Waals surface area contributed by atoms with Crippen LogP contribution in [0, 0.1) is 5.92 Å². The molecule has 0 aromatic heterocycles. The monoisotopic (exact) mass is 424 g/mol. The number of methoxy groups -OCH3 is 1. The summed E-state index contributed by atoms with van der Waals surface area (Å²) in [5.41, 5.74) is 5.70. The Morgan fingerprint density at radius 3 is 2.50 bits per heavy atom. The summed E-state index contributed by atoms with van der Waals surface area (Å²) in [4.78, 5) is 32.5. The molecule has 2 heterocycles. The van der Waals surface area contributed by atoms with Crippen LogP contribution >= 0.6 is 0 Å². The first-order valence-electron chi connectivity index (χ1n) is 10.1. The second-order valence-electron chi connectivity index (χ2n) is 8.06. The van der Waals surface area contributed by atoms with E-state index in [0.29, 0.717) is 19.6 Å². The summed E-state index contributed by atoms with van der Waals surface area (Å²) in [6.45, 7) is 0.984. The lowest BCUT2D eigenvalue weighted by Gasteiger charge is -2.34. The lowest BCUT2D eigenvalue weighted by atomic mass is 9.81. The molecule has 4 rings (SSSR count). The SMILES string of the molecule is COC1N2C[C@@H](CC[C@H]2C(=O)NNC(=O)C2CC(F)(F)C2)N1OCc1ccccc1. The molecule has 1 aromatic carbocycles. The Labute approximate surface area is 173 Å². The summed E-state index contributed by atoms with van der Waals surface area (Å²) in [5, 5.41) is 1.79. The topological polar surface area (TPSA) is 83.1 Å². The summed E-state index contributed by atoms with van der Waals surface area (Å²) in [7, 11) is 1.55. The molecule has 1 aromatic rings. The van der Waals surface area contributed by atoms with Crippen LogP contribution in [-0.4, -0.2) is 59.8 Å². The molecule has 164 valence electrons. The van der Waals surface area contributed by atoms with Crippen molar-refractivity contribution < 1.29 is 27.9 Å². The Balaban J connectivity index is 1.31. The fourth-order valence-electron chi connectivity index (χ4n) is 4.32. The number of hydrazine groups is 1. The fraction of sp³-hybridized carbons (Fsp3) is 0.600. The highest BCUT2D eigenvalue weighted by molar-refractivity contribution is 5.86. The number of rotatable bonds is 6. The van der Waals surface area contributed by atoms with Crippen molar-refractivity contribution in [2.24, 2.45) is 5.92 Å². The Hall–Kier alpha value is -2.14. The smallest absolute Gasteiger partial charge is 0.255 e. The summed E-state index contributed by atoms with van der Waals surface area (Å²) < 4.78 is 31.4. The van der Waals surface area contributed by atoms with Gasteiger partial charge in [-0.1, -0.05) is 30.3 Å². The quantitative estimate of drug-likeness (QED) is 0.672. The predicted octanol–water partition coefficient (Wildman–Crippen LogP) is 1.39. The third-order valence-electron chi connectivity index (χ3n) is 5.96. The first kappa shape index (κ1) is 21.1. The van der Waals surface area contributed by atoms with Crippen molar-refractivity contribution in [3.63, 3.8) is 0 Å². The van der Waals surface area contributed by atoms with Gasteiger partial charge < -0.3 is 4.74 Å². The van der Waals surface area contributed by atoms with Gasteiger partial charge in [-0.05, 0) is 18.4 Å². The van der Waals surface area contributed by atoms with Crippen molar-refractivity contribution in [2.75, 3.05) is 13.7 Å². The van der Waals surface area contributed by atoms with E-state index in [4.69, 9.17) is 9.57 Å². The minimum atomic E-state index is -2.78. The van der Waals surface area contributed by atoms with Crippen molar-refractivity contribution in [1.82, 2.24) is 20.8 Å². The van der Waals surface area contributed by atoms with E-state index in [2.05, 4.69) is 10.9 Å². The van der Waals surface area contributed by atoms with Crippen LogP contribution in [-0.2, 0) is 25.8 Å². The largest absolute Gasteiger partial charge is 0.351 e. The van der Waals surface area contributed by atoms with Crippen molar-refractivity contribution in [3.05, 3.63) is 35.9 Å². The van der Waals surface area contributed by atoms with E-state index in [1.165, 1.54) is 0 Å². The number of carbonyl (C=O) groups excluding carboxylic acids is 2. The van der Waals surface area contributed by atoms with Crippen molar-refractivity contribution in [2.45, 2.75) is 56.6 Å². The van der Waals surface area contributed by atoms with Gasteiger partial charge in [0.15, 0.2) is 6.35 Å². The highest BCUT2D eigenvalue weighted by atomic mass is 19.3. The van der Waals surface area contributed by atoms with Gasteiger partial charge in [-0.2, -0.15) is 0 Å². The second-order valence-corrected chi connectivity index (χ2v) is 8.06. The van der Waals surface area contributed by atoms with Crippen LogP contribution in [0.15, 0.2) is 30.3 Å². The van der Waals surface area contributed by atoms with E-state index >= 15 is 0 Å². The van der Waals surface area contributed by atoms with Crippen molar-refractivity contribution in [3.8, 4) is 0 Å². The zero-order valence-corrected chi connectivity index (χ0v) is 16.7. The first-order valence-corrected chi connectivity index (χ1v) is 10.1. The number of nitrogens with one attached hydrogen (secondary N) is 2. The highest BCUT2D eigenvalue weighted by Gasteiger charge is 2.51. The third kappa shape index (κ3) is 4.31. The number of piperidine rings is 1. The zero-order chi connectivity index (χ0) is 21.3. The molecule has 2 aliphatic heterocycles. The van der Waals surface area contributed by atoms with E-state index in [1.54, 1.807) is 12.2 Å². The molecule has 2 saturated heterocycles. The third-order valence-corrected chi connectivity index (χ3v) is 5.96. The predicted molar refractivity (Wildman–Crippen MR) is 101 cm³/mol. The standard InChI is InChI=1S/C20H26F2N4O4/c1-29-19-25-11-15(26(19)30-12-13-5-3-2-4-6-13)7-8-16(25)18(28)24-23-17(27)14-9-20(21,22)10-14/h2-6,14-16,19H,7-12H2,1H3,(H,23,27)(H,24,28)/t15-,16+,19?/m1/s1. The van der Waals surface area contributed by atoms with Gasteiger partial charge in [0.25, 0.3) is 5.91 Å². The molecule has 8 nitrogen and oxygen atoms in total. The summed E-state index contributed by atoms with van der Waals surface area (Å²) >= 11 is 0. The zero-order valence-electron chi connectivity index (χ0n) is 16.7. The average Bonchev–Trinajstić information content (AvgIpc) is 2.99. The maximum atomic E-state index is 12.9. The van der Waals surface area contributed by atoms with Crippen LogP contribution in [0.5, 0.6) is 0 Å². The Kier molecular flexibility index (Phi) is 6.01. The lowest BCUT2D eigenvalue weighted by molar-refractivity contribution is -0.273. The lowest BCUT2D eigenvalue weighted by Crippen LogP contribution is -2.57. The molecule has 30 heavy (non-hydrogen) atoms. The van der Waals surface area contributed by atoms with Crippen LogP contribution in [0.25, 0.3) is 0 Å². The molecule has 0 spiro atoms. The van der Waals surface area contributed by atoms with Crippen LogP contribution in [0.2, 0.25) is 0 Å². The number of hydrogen-bond donors (Lipinski definition) is 2. The molecule has 4 atom stereocenters. The van der Waals surface area contributed by atoms with Gasteiger partial charge in [-0.15, -0.1) is 5.06 Å². The maximum absolute atomic E-state index is 12.9. The molecule has 1 aliphatic carbocycles. The number of fused-ring (bicyclic) bond motifs is 2. The molecule has 2 amide bonds. The Morgan fingerprint density at radius 1 is 1.13 bits per heavy atom. The number of nitrogens with zero attached hydrogens (tertiary/aromatic N) is 2. The van der Waals surface area contributed by atoms with Gasteiger partial charge in [0, 0.05) is 26.5 Å². The molecule has 10 heteroatoms. The second kappa shape index (κ2) is 8.54. The minimum absolute atomic E-state index is 0.0921. The minimum Gasteiger partial charge on any atom is -0.351 e. The normalized spacial score (nSPS) is 30.5. The van der Waals surface area contributed by atoms with E-state index in [9.17, 15) is 18.4 Å². The summed E-state index contributed by atoms with van der Waals surface area (Å²) in [5.74, 6) is -4.52. The van der Waals surface area contributed by atoms with Crippen LogP contribution in [0.1, 0.15) is 31.2 Å². The molecule has 0 radical (unpaired) electrons. The molecule has 3 aliphatic rings. The van der Waals surface area contributed by atoms with Gasteiger partial charge in [0.2, 0.25) is 11.8 Å². The van der Waals surface area contributed by atoms with E-state index in [1.807, 2.05) is 35.2 Å². The van der Waals surface area contributed by atoms with Crippen molar-refractivity contribution >= 4 is 11.8 Å². The van der Waals surface area contributed by atoms with Crippen LogP contribution < -0.4 is 10.9 Å². The number of hydrogen-bond acceptors (Lipinski definition) is 6. The number of amides is 2. The van der Waals surface area contributed by atoms with Gasteiger partial charge >= 0.3 is 0 Å². The van der Waals surface area contributed by atoms with Gasteiger partial charge in [0.05, 0.1) is 24.6 Å². The number of hydroxylamine groups is 2. The molecule has 2 unspecified atom stereocenters. The maximum Gasteiger partial charge on any atom is 0.255 e. The van der Waals surface area contributed by atoms with Gasteiger partial charge in [-0.25, -0.2) is 13.7 Å². The van der Waals surface area contributed by atoms with Crippen LogP contribution in [0.4, 0.5) is 8.78 Å². The molecular formula is C20H26F2N4O4. The molecular weight excluding hydrogens is 398 g/mol. The van der Waals surface area contributed by atoms with E-state index < -0.39 is 43.0 Å². The van der Waals surface area contributed by atoms with Crippen molar-refractivity contribution in [1.29, 1.82) is 0 Å². The van der Waals surface area contributed by atoms with Gasteiger partial charge in [-0.3, -0.25) is 25.3 Å². The first-order chi connectivity index (χ1) is 14.4. The highest BCUT2D eigenvalue weighted by Crippen LogP contribution is 2.42. The summed E-state index contributed by atoms with van der Waals surface area (Å²) in [6.07, 6.45) is -0.195. The number of carbonyl (C=O) groups is 2. The molecule has 1 saturated carbocycles. The van der Waals surface area contributed by atoms with Crippen LogP contribution in [0.3, 0.4) is 0 Å². The number of ether oxygens (including phenoxy) is 1.